The zero-order valence-corrected chi connectivity index (χ0v) is 28.3. The van der Waals surface area contributed by atoms with E-state index in [1.807, 2.05) is 88.4 Å². The molecule has 0 aromatic heterocycles. The second kappa shape index (κ2) is 13.6. The number of ether oxygens (including phenoxy) is 1. The molecule has 0 heterocycles. The normalized spacial score (nSPS) is 21.0. The predicted molar refractivity (Wildman–Crippen MR) is 184 cm³/mol. The summed E-state index contributed by atoms with van der Waals surface area (Å²) in [6.07, 6.45) is -0.340. The maximum Gasteiger partial charge on any atom is 0.235 e. The van der Waals surface area contributed by atoms with Gasteiger partial charge >= 0.3 is 0 Å². The van der Waals surface area contributed by atoms with Crippen molar-refractivity contribution >= 4 is 44.9 Å². The van der Waals surface area contributed by atoms with E-state index in [9.17, 15) is 19.5 Å². The molecule has 7 nitrogen and oxygen atoms in total. The van der Waals surface area contributed by atoms with E-state index in [4.69, 9.17) is 4.74 Å². The Labute approximate surface area is 278 Å². The van der Waals surface area contributed by atoms with Crippen LogP contribution in [0.3, 0.4) is 0 Å². The van der Waals surface area contributed by atoms with Crippen molar-refractivity contribution in [1.29, 1.82) is 0 Å². The van der Waals surface area contributed by atoms with Crippen LogP contribution in [-0.2, 0) is 21.0 Å². The first-order valence-electron chi connectivity index (χ1n) is 15.3. The van der Waals surface area contributed by atoms with E-state index >= 15 is 0 Å². The molecule has 8 heteroatoms. The minimum Gasteiger partial charge on any atom is -0.489 e. The number of benzene rings is 4. The van der Waals surface area contributed by atoms with Gasteiger partial charge in [-0.3, -0.25) is 14.4 Å². The number of nitrogens with one attached hydrogen (secondary N) is 2. The fraction of sp³-hybridized carbons (Fsp3) is 0.289. The van der Waals surface area contributed by atoms with Gasteiger partial charge in [0.05, 0.1) is 11.5 Å². The lowest BCUT2D eigenvalue weighted by molar-refractivity contribution is -0.150. The van der Waals surface area contributed by atoms with Gasteiger partial charge in [-0.25, -0.2) is 0 Å². The molecule has 2 amide bonds. The molecule has 3 N–H and O–H groups in total. The molecule has 1 aliphatic carbocycles. The molecule has 1 aliphatic rings. The molecule has 0 saturated heterocycles. The molecule has 5 rings (SSSR count). The molecule has 0 aliphatic heterocycles. The Balaban J connectivity index is 1.52. The Morgan fingerprint density at radius 1 is 0.826 bits per heavy atom. The first kappa shape index (κ1) is 33.1. The third-order valence-corrected chi connectivity index (χ3v) is 9.25. The molecule has 1 saturated carbocycles. The summed E-state index contributed by atoms with van der Waals surface area (Å²) in [5.41, 5.74) is 4.70. The van der Waals surface area contributed by atoms with Crippen LogP contribution in [0.25, 0.3) is 0 Å². The summed E-state index contributed by atoms with van der Waals surface area (Å²) >= 11 is 3.44. The van der Waals surface area contributed by atoms with E-state index < -0.39 is 41.0 Å². The molecule has 4 atom stereocenters. The quantitative estimate of drug-likeness (QED) is 0.166. The van der Waals surface area contributed by atoms with Crippen LogP contribution >= 0.6 is 15.9 Å². The largest absolute Gasteiger partial charge is 0.489 e. The number of rotatable bonds is 8. The number of carbonyl (C=O) groups is 3. The van der Waals surface area contributed by atoms with Crippen molar-refractivity contribution in [3.05, 3.63) is 123 Å². The molecule has 1 fully saturated rings. The predicted octanol–water partition coefficient (Wildman–Crippen LogP) is 7.58. The van der Waals surface area contributed by atoms with Crippen molar-refractivity contribution in [2.24, 2.45) is 11.8 Å². The van der Waals surface area contributed by atoms with Gasteiger partial charge in [0.1, 0.15) is 24.1 Å². The first-order valence-corrected chi connectivity index (χ1v) is 16.1. The van der Waals surface area contributed by atoms with Crippen LogP contribution in [-0.4, -0.2) is 28.3 Å². The fourth-order valence-electron chi connectivity index (χ4n) is 6.19. The van der Waals surface area contributed by atoms with Crippen LogP contribution in [0.4, 0.5) is 11.4 Å². The minimum atomic E-state index is -1.71. The summed E-state index contributed by atoms with van der Waals surface area (Å²) in [4.78, 5) is 42.0. The number of aliphatic hydroxyl groups is 1. The number of aryl methyl sites for hydroxylation is 4. The smallest absolute Gasteiger partial charge is 0.235 e. The van der Waals surface area contributed by atoms with Crippen molar-refractivity contribution in [2.75, 3.05) is 10.6 Å². The van der Waals surface area contributed by atoms with Gasteiger partial charge < -0.3 is 20.5 Å². The molecular weight excluding hydrogens is 644 g/mol. The van der Waals surface area contributed by atoms with Crippen LogP contribution in [0.5, 0.6) is 5.75 Å². The summed E-state index contributed by atoms with van der Waals surface area (Å²) in [6, 6.07) is 26.3. The number of amides is 2. The molecule has 0 bridgehead atoms. The lowest BCUT2D eigenvalue weighted by Gasteiger charge is -2.44. The van der Waals surface area contributed by atoms with Crippen LogP contribution in [0.15, 0.2) is 89.4 Å². The molecule has 0 radical (unpaired) electrons. The topological polar surface area (TPSA) is 105 Å². The number of anilines is 2. The van der Waals surface area contributed by atoms with Gasteiger partial charge in [0.2, 0.25) is 11.8 Å². The van der Waals surface area contributed by atoms with Gasteiger partial charge in [-0.15, -0.1) is 0 Å². The molecule has 0 spiro atoms. The van der Waals surface area contributed by atoms with Gasteiger partial charge in [-0.2, -0.15) is 0 Å². The SMILES string of the molecule is Cc1ccc(C)c(NC(=O)C2C(=O)CC(C)(O)C(C(=O)Nc3cc(C)ccc3C)C2c2ccc(OCc3ccc(Br)cc3)cc2)c1. The summed E-state index contributed by atoms with van der Waals surface area (Å²) in [7, 11) is 0. The monoisotopic (exact) mass is 682 g/mol. The van der Waals surface area contributed by atoms with Crippen molar-refractivity contribution in [3.63, 3.8) is 0 Å². The lowest BCUT2D eigenvalue weighted by Crippen LogP contribution is -2.56. The third kappa shape index (κ3) is 7.40. The zero-order valence-electron chi connectivity index (χ0n) is 26.7. The Morgan fingerprint density at radius 2 is 1.37 bits per heavy atom. The maximum absolute atomic E-state index is 14.2. The van der Waals surface area contributed by atoms with Crippen LogP contribution in [0, 0.1) is 39.5 Å². The van der Waals surface area contributed by atoms with Crippen LogP contribution in [0.2, 0.25) is 0 Å². The molecule has 4 aromatic carbocycles. The minimum absolute atomic E-state index is 0.340. The lowest BCUT2D eigenvalue weighted by atomic mass is 9.61. The van der Waals surface area contributed by atoms with Gasteiger partial charge in [0.25, 0.3) is 0 Å². The van der Waals surface area contributed by atoms with E-state index in [-0.39, 0.29) is 6.42 Å². The van der Waals surface area contributed by atoms with Crippen molar-refractivity contribution in [1.82, 2.24) is 0 Å². The van der Waals surface area contributed by atoms with Crippen LogP contribution in [0.1, 0.15) is 52.6 Å². The summed E-state index contributed by atoms with van der Waals surface area (Å²) in [6.45, 7) is 9.48. The Hall–Kier alpha value is -4.27. The summed E-state index contributed by atoms with van der Waals surface area (Å²) < 4.78 is 6.98. The third-order valence-electron chi connectivity index (χ3n) is 8.72. The summed E-state index contributed by atoms with van der Waals surface area (Å²) in [5, 5.41) is 17.7. The second-order valence-corrected chi connectivity index (χ2v) is 13.5. The molecular formula is C38H39BrN2O5. The Kier molecular flexibility index (Phi) is 9.79. The average Bonchev–Trinajstić information content (AvgIpc) is 3.00. The summed E-state index contributed by atoms with van der Waals surface area (Å²) in [5.74, 6) is -4.10. The van der Waals surface area contributed by atoms with Crippen molar-refractivity contribution in [2.45, 2.75) is 59.2 Å². The second-order valence-electron chi connectivity index (χ2n) is 12.6. The van der Waals surface area contributed by atoms with Gasteiger partial charge in [0.15, 0.2) is 0 Å². The van der Waals surface area contributed by atoms with E-state index in [0.717, 1.165) is 32.3 Å². The highest BCUT2D eigenvalue weighted by atomic mass is 79.9. The van der Waals surface area contributed by atoms with Crippen molar-refractivity contribution < 1.29 is 24.2 Å². The standard InChI is InChI=1S/C38H39BrN2O5/c1-22-6-8-24(3)30(18-22)40-36(43)34-32(42)20-38(5,45)35(37(44)41-31-19-23(2)7-9-25(31)4)33(34)27-12-16-29(17-13-27)46-21-26-10-14-28(39)15-11-26/h6-19,33-35,45H,20-21H2,1-5H3,(H,40,43)(H,41,44). The van der Waals surface area contributed by atoms with Gasteiger partial charge in [-0.05, 0) is 104 Å². The molecule has 4 unspecified atom stereocenters. The number of halogens is 1. The van der Waals surface area contributed by atoms with Crippen LogP contribution < -0.4 is 15.4 Å². The Bertz CT molecular complexity index is 1770. The highest BCUT2D eigenvalue weighted by Gasteiger charge is 2.56. The van der Waals surface area contributed by atoms with Crippen molar-refractivity contribution in [3.8, 4) is 5.75 Å². The van der Waals surface area contributed by atoms with Gasteiger partial charge in [0, 0.05) is 28.2 Å². The highest BCUT2D eigenvalue weighted by molar-refractivity contribution is 9.10. The average molecular weight is 684 g/mol. The number of carbonyl (C=O) groups excluding carboxylic acids is 3. The van der Waals surface area contributed by atoms with E-state index in [0.29, 0.717) is 29.3 Å². The molecule has 4 aromatic rings. The fourth-order valence-corrected chi connectivity index (χ4v) is 6.45. The molecule has 238 valence electrons. The van der Waals surface area contributed by atoms with E-state index in [1.54, 1.807) is 24.3 Å². The van der Waals surface area contributed by atoms with E-state index in [2.05, 4.69) is 26.6 Å². The van der Waals surface area contributed by atoms with E-state index in [1.165, 1.54) is 6.92 Å². The Morgan fingerprint density at radius 3 is 1.93 bits per heavy atom. The number of Topliss-reactive ketones (excluding diaryl/α,β-unsaturated/α-hetero) is 1. The van der Waals surface area contributed by atoms with Gasteiger partial charge in [-0.1, -0.05) is 64.5 Å². The zero-order chi connectivity index (χ0) is 33.2. The molecule has 46 heavy (non-hydrogen) atoms. The number of hydrogen-bond acceptors (Lipinski definition) is 5. The first-order chi connectivity index (χ1) is 21.8. The maximum atomic E-state index is 14.2. The highest BCUT2D eigenvalue weighted by Crippen LogP contribution is 2.47. The number of hydrogen-bond donors (Lipinski definition) is 3. The number of ketones is 1.